The molecular weight excluding hydrogens is 260 g/mol. The molecule has 3 rings (SSSR count). The van der Waals surface area contributed by atoms with E-state index in [1.165, 1.54) is 17.5 Å². The summed E-state index contributed by atoms with van der Waals surface area (Å²) < 4.78 is 11.1. The van der Waals surface area contributed by atoms with Crippen molar-refractivity contribution in [3.05, 3.63) is 39.4 Å². The quantitative estimate of drug-likeness (QED) is 0.618. The van der Waals surface area contributed by atoms with E-state index in [4.69, 9.17) is 9.47 Å². The molecule has 1 heterocycles. The minimum Gasteiger partial charge on any atom is -0.466 e. The average molecular weight is 276 g/mol. The summed E-state index contributed by atoms with van der Waals surface area (Å²) >= 11 is 0. The summed E-state index contributed by atoms with van der Waals surface area (Å²) in [5.74, 6) is 0.755. The molecule has 2 aliphatic rings. The first kappa shape index (κ1) is 13.1. The minimum atomic E-state index is -0.488. The third-order valence-corrected chi connectivity index (χ3v) is 3.51. The van der Waals surface area contributed by atoms with Crippen molar-refractivity contribution < 1.29 is 14.4 Å². The highest BCUT2D eigenvalue weighted by Crippen LogP contribution is 2.26. The molecule has 1 aliphatic heterocycles. The van der Waals surface area contributed by atoms with Crippen molar-refractivity contribution in [3.63, 3.8) is 0 Å². The van der Waals surface area contributed by atoms with E-state index in [1.54, 1.807) is 0 Å². The topological polar surface area (TPSA) is 74.0 Å². The summed E-state index contributed by atoms with van der Waals surface area (Å²) in [7, 11) is 0. The monoisotopic (exact) mass is 276 g/mol. The summed E-state index contributed by atoms with van der Waals surface area (Å²) in [6.07, 6.45) is 2.92. The van der Waals surface area contributed by atoms with Gasteiger partial charge in [0, 0.05) is 4.92 Å². The fourth-order valence-corrected chi connectivity index (χ4v) is 2.63. The van der Waals surface area contributed by atoms with Crippen LogP contribution in [0, 0.1) is 10.1 Å². The number of fused-ring (bicyclic) bond motifs is 1. The number of nitrogens with zero attached hydrogens (tertiary/aromatic N) is 2. The molecule has 0 fully saturated rings. The van der Waals surface area contributed by atoms with Gasteiger partial charge in [-0.2, -0.15) is 0 Å². The first-order valence-corrected chi connectivity index (χ1v) is 6.74. The number of benzene rings is 1. The summed E-state index contributed by atoms with van der Waals surface area (Å²) in [6, 6.07) is 6.06. The molecule has 0 radical (unpaired) electrons. The van der Waals surface area contributed by atoms with E-state index < -0.39 is 11.2 Å². The van der Waals surface area contributed by atoms with Gasteiger partial charge < -0.3 is 9.47 Å². The molecule has 0 aromatic heterocycles. The van der Waals surface area contributed by atoms with Gasteiger partial charge in [0.05, 0.1) is 6.61 Å². The zero-order valence-corrected chi connectivity index (χ0v) is 11.1. The van der Waals surface area contributed by atoms with E-state index >= 15 is 0 Å². The van der Waals surface area contributed by atoms with Crippen molar-refractivity contribution in [1.82, 2.24) is 0 Å². The molecule has 1 aromatic rings. The largest absolute Gasteiger partial charge is 0.466 e. The maximum atomic E-state index is 10.5. The van der Waals surface area contributed by atoms with E-state index in [1.807, 2.05) is 12.1 Å². The predicted molar refractivity (Wildman–Crippen MR) is 73.0 cm³/mol. The molecule has 0 amide bonds. The van der Waals surface area contributed by atoms with Gasteiger partial charge in [0.25, 0.3) is 0 Å². The fourth-order valence-electron chi connectivity index (χ4n) is 2.63. The molecule has 0 bridgehead atoms. The Morgan fingerprint density at radius 3 is 3.10 bits per heavy atom. The average Bonchev–Trinajstić information content (AvgIpc) is 2.85. The Labute approximate surface area is 116 Å². The summed E-state index contributed by atoms with van der Waals surface area (Å²) in [5, 5.41) is 10.5. The lowest BCUT2D eigenvalue weighted by Crippen LogP contribution is -2.33. The van der Waals surface area contributed by atoms with Crippen molar-refractivity contribution in [2.75, 3.05) is 19.8 Å². The van der Waals surface area contributed by atoms with Crippen LogP contribution in [-0.4, -0.2) is 36.6 Å². The van der Waals surface area contributed by atoms with Crippen LogP contribution in [0.25, 0.3) is 0 Å². The Bertz CT molecular complexity index is 556. The van der Waals surface area contributed by atoms with Gasteiger partial charge in [-0.05, 0) is 42.5 Å². The van der Waals surface area contributed by atoms with Crippen LogP contribution in [0.4, 0.5) is 0 Å². The van der Waals surface area contributed by atoms with E-state index in [2.05, 4.69) is 11.1 Å². The lowest BCUT2D eigenvalue weighted by molar-refractivity contribution is -0.463. The molecule has 1 atom stereocenters. The van der Waals surface area contributed by atoms with Crippen LogP contribution < -0.4 is 4.74 Å². The second kappa shape index (κ2) is 5.58. The maximum Gasteiger partial charge on any atom is 0.243 e. The zero-order valence-electron chi connectivity index (χ0n) is 11.1. The number of hydrogen-bond donors (Lipinski definition) is 0. The summed E-state index contributed by atoms with van der Waals surface area (Å²) in [5.41, 5.74) is 3.14. The highest BCUT2D eigenvalue weighted by Gasteiger charge is 2.20. The first-order chi connectivity index (χ1) is 9.70. The highest BCUT2D eigenvalue weighted by molar-refractivity contribution is 5.87. The van der Waals surface area contributed by atoms with Crippen LogP contribution in [0.1, 0.15) is 17.5 Å². The van der Waals surface area contributed by atoms with E-state index in [0.717, 1.165) is 18.6 Å². The molecule has 1 aromatic carbocycles. The number of hydrogen-bond acceptors (Lipinski definition) is 5. The molecule has 0 N–H and O–H groups in total. The van der Waals surface area contributed by atoms with Gasteiger partial charge >= 0.3 is 0 Å². The van der Waals surface area contributed by atoms with E-state index in [9.17, 15) is 10.1 Å². The second-order valence-corrected chi connectivity index (χ2v) is 5.06. The van der Waals surface area contributed by atoms with Crippen molar-refractivity contribution >= 4 is 5.71 Å². The van der Waals surface area contributed by atoms with Crippen LogP contribution >= 0.6 is 0 Å². The lowest BCUT2D eigenvalue weighted by Gasteiger charge is -2.21. The van der Waals surface area contributed by atoms with Crippen LogP contribution in [0.2, 0.25) is 0 Å². The normalized spacial score (nSPS) is 21.2. The smallest absolute Gasteiger partial charge is 0.243 e. The van der Waals surface area contributed by atoms with Crippen LogP contribution in [-0.2, 0) is 17.6 Å². The van der Waals surface area contributed by atoms with Crippen molar-refractivity contribution in [3.8, 4) is 5.75 Å². The third kappa shape index (κ3) is 2.96. The van der Waals surface area contributed by atoms with Crippen LogP contribution in [0.15, 0.2) is 23.2 Å². The fraction of sp³-hybridized carbons (Fsp3) is 0.500. The maximum absolute atomic E-state index is 10.5. The molecule has 0 spiro atoms. The van der Waals surface area contributed by atoms with Gasteiger partial charge in [-0.3, -0.25) is 10.1 Å². The summed E-state index contributed by atoms with van der Waals surface area (Å²) in [4.78, 5) is 14.3. The van der Waals surface area contributed by atoms with Gasteiger partial charge in [0.15, 0.2) is 0 Å². The SMILES string of the molecule is O=[N+]([O-])CC1=NC(Oc2ccc3c(c2)CCC3)COC1. The first-order valence-electron chi connectivity index (χ1n) is 6.74. The number of nitro groups is 1. The lowest BCUT2D eigenvalue weighted by atomic mass is 10.1. The molecule has 20 heavy (non-hydrogen) atoms. The molecule has 0 saturated heterocycles. The van der Waals surface area contributed by atoms with E-state index in [-0.39, 0.29) is 13.2 Å². The Balaban J connectivity index is 1.69. The standard InChI is InChI=1S/C14H16N2O4/c17-16(18)7-12-8-19-9-14(15-12)20-13-5-4-10-2-1-3-11(10)6-13/h4-6,14H,1-3,7-9H2. The molecular formula is C14H16N2O4. The minimum absolute atomic E-state index is 0.213. The van der Waals surface area contributed by atoms with Gasteiger partial charge in [0.1, 0.15) is 18.1 Å². The number of aryl methyl sites for hydroxylation is 2. The highest BCUT2D eigenvalue weighted by atomic mass is 16.6. The Morgan fingerprint density at radius 2 is 2.25 bits per heavy atom. The van der Waals surface area contributed by atoms with E-state index in [0.29, 0.717) is 12.3 Å². The molecule has 1 aliphatic carbocycles. The number of rotatable bonds is 4. The molecule has 6 nitrogen and oxygen atoms in total. The molecule has 6 heteroatoms. The third-order valence-electron chi connectivity index (χ3n) is 3.51. The van der Waals surface area contributed by atoms with Gasteiger partial charge in [0.2, 0.25) is 12.8 Å². The number of aliphatic imine (C=N–C) groups is 1. The van der Waals surface area contributed by atoms with Crippen molar-refractivity contribution in [2.45, 2.75) is 25.5 Å². The van der Waals surface area contributed by atoms with Gasteiger partial charge in [-0.15, -0.1) is 0 Å². The Hall–Kier alpha value is -1.95. The summed E-state index contributed by atoms with van der Waals surface area (Å²) in [6.45, 7) is 0.257. The molecule has 1 unspecified atom stereocenters. The molecule has 0 saturated carbocycles. The van der Waals surface area contributed by atoms with Crippen LogP contribution in [0.5, 0.6) is 5.75 Å². The zero-order chi connectivity index (χ0) is 13.9. The Morgan fingerprint density at radius 1 is 1.40 bits per heavy atom. The predicted octanol–water partition coefficient (Wildman–Crippen LogP) is 1.63. The second-order valence-electron chi connectivity index (χ2n) is 5.06. The van der Waals surface area contributed by atoms with Crippen molar-refractivity contribution in [2.24, 2.45) is 4.99 Å². The van der Waals surface area contributed by atoms with Gasteiger partial charge in [-0.25, -0.2) is 4.99 Å². The van der Waals surface area contributed by atoms with Crippen molar-refractivity contribution in [1.29, 1.82) is 0 Å². The van der Waals surface area contributed by atoms with Crippen LogP contribution in [0.3, 0.4) is 0 Å². The Kier molecular flexibility index (Phi) is 3.64. The molecule has 106 valence electrons. The number of ether oxygens (including phenoxy) is 2. The van der Waals surface area contributed by atoms with Gasteiger partial charge in [-0.1, -0.05) is 6.07 Å².